The zero-order chi connectivity index (χ0) is 13.2. The Labute approximate surface area is 106 Å². The molecule has 18 heavy (non-hydrogen) atoms. The van der Waals surface area contributed by atoms with E-state index in [1.54, 1.807) is 19.2 Å². The van der Waals surface area contributed by atoms with Crippen LogP contribution in [0.5, 0.6) is 0 Å². The van der Waals surface area contributed by atoms with Gasteiger partial charge in [0.1, 0.15) is 0 Å². The maximum absolute atomic E-state index is 11.2. The summed E-state index contributed by atoms with van der Waals surface area (Å²) in [5.74, 6) is -0.990. The maximum Gasteiger partial charge on any atom is 0.356 e. The molecule has 0 amide bonds. The second-order valence-electron chi connectivity index (χ2n) is 4.86. The fourth-order valence-electron chi connectivity index (χ4n) is 2.39. The fourth-order valence-corrected chi connectivity index (χ4v) is 2.39. The number of carbonyl (C=O) groups is 1. The summed E-state index contributed by atoms with van der Waals surface area (Å²) < 4.78 is 5.52. The largest absolute Gasteiger partial charge is 0.476 e. The van der Waals surface area contributed by atoms with Crippen LogP contribution in [0.25, 0.3) is 0 Å². The van der Waals surface area contributed by atoms with Crippen molar-refractivity contribution >= 4 is 11.7 Å². The van der Waals surface area contributed by atoms with E-state index in [0.29, 0.717) is 12.2 Å². The molecule has 0 aliphatic carbocycles. The Morgan fingerprint density at radius 1 is 1.61 bits per heavy atom. The minimum atomic E-state index is -0.990. The van der Waals surface area contributed by atoms with E-state index in [-0.39, 0.29) is 11.3 Å². The number of hydrogen-bond acceptors (Lipinski definition) is 4. The second kappa shape index (κ2) is 4.94. The SMILES string of the molecule is COC1(C)CCCN(c2cccnc2C(=O)O)C1. The van der Waals surface area contributed by atoms with Gasteiger partial charge in [-0.25, -0.2) is 9.78 Å². The minimum absolute atomic E-state index is 0.109. The summed E-state index contributed by atoms with van der Waals surface area (Å²) in [4.78, 5) is 17.2. The molecule has 98 valence electrons. The first-order chi connectivity index (χ1) is 8.56. The average molecular weight is 250 g/mol. The van der Waals surface area contributed by atoms with Gasteiger partial charge in [-0.3, -0.25) is 0 Å². The monoisotopic (exact) mass is 250 g/mol. The number of methoxy groups -OCH3 is 1. The van der Waals surface area contributed by atoms with Crippen LogP contribution in [0.15, 0.2) is 18.3 Å². The van der Waals surface area contributed by atoms with Crippen molar-refractivity contribution in [3.63, 3.8) is 0 Å². The van der Waals surface area contributed by atoms with Crippen molar-refractivity contribution in [3.8, 4) is 0 Å². The number of rotatable bonds is 3. The predicted molar refractivity (Wildman–Crippen MR) is 68.1 cm³/mol. The highest BCUT2D eigenvalue weighted by Gasteiger charge is 2.32. The van der Waals surface area contributed by atoms with Gasteiger partial charge in [-0.1, -0.05) is 0 Å². The van der Waals surface area contributed by atoms with E-state index < -0.39 is 5.97 Å². The van der Waals surface area contributed by atoms with E-state index in [1.807, 2.05) is 4.90 Å². The molecule has 1 aromatic heterocycles. The molecule has 0 aromatic carbocycles. The summed E-state index contributed by atoms with van der Waals surface area (Å²) in [5.41, 5.74) is 0.565. The standard InChI is InChI=1S/C13H18N2O3/c1-13(18-2)6-4-8-15(9-13)10-5-3-7-14-11(10)12(16)17/h3,5,7H,4,6,8-9H2,1-2H3,(H,16,17). The van der Waals surface area contributed by atoms with E-state index in [0.717, 1.165) is 19.4 Å². The van der Waals surface area contributed by atoms with Gasteiger partial charge in [0, 0.05) is 26.4 Å². The Hall–Kier alpha value is -1.62. The van der Waals surface area contributed by atoms with Gasteiger partial charge in [0.15, 0.2) is 5.69 Å². The highest BCUT2D eigenvalue weighted by molar-refractivity contribution is 5.92. The molecular weight excluding hydrogens is 232 g/mol. The van der Waals surface area contributed by atoms with E-state index in [1.165, 1.54) is 6.20 Å². The number of ether oxygens (including phenoxy) is 1. The first kappa shape index (κ1) is 12.8. The third kappa shape index (κ3) is 2.46. The Kier molecular flexibility index (Phi) is 3.52. The first-order valence-corrected chi connectivity index (χ1v) is 6.04. The van der Waals surface area contributed by atoms with Crippen molar-refractivity contribution < 1.29 is 14.6 Å². The van der Waals surface area contributed by atoms with E-state index in [2.05, 4.69) is 11.9 Å². The van der Waals surface area contributed by atoms with Crippen LogP contribution in [0.1, 0.15) is 30.3 Å². The lowest BCUT2D eigenvalue weighted by Gasteiger charge is -2.40. The van der Waals surface area contributed by atoms with E-state index in [4.69, 9.17) is 9.84 Å². The van der Waals surface area contributed by atoms with Crippen LogP contribution in [-0.4, -0.2) is 41.9 Å². The number of hydrogen-bond donors (Lipinski definition) is 1. The van der Waals surface area contributed by atoms with Gasteiger partial charge < -0.3 is 14.7 Å². The summed E-state index contributed by atoms with van der Waals surface area (Å²) in [7, 11) is 1.70. The normalized spacial score (nSPS) is 24.0. The quantitative estimate of drug-likeness (QED) is 0.886. The van der Waals surface area contributed by atoms with Gasteiger partial charge in [-0.2, -0.15) is 0 Å². The Morgan fingerprint density at radius 3 is 3.06 bits per heavy atom. The minimum Gasteiger partial charge on any atom is -0.476 e. The highest BCUT2D eigenvalue weighted by atomic mass is 16.5. The first-order valence-electron chi connectivity index (χ1n) is 6.04. The summed E-state index contributed by atoms with van der Waals surface area (Å²) in [6.07, 6.45) is 3.48. The molecule has 0 spiro atoms. The molecule has 1 atom stereocenters. The number of aromatic nitrogens is 1. The van der Waals surface area contributed by atoms with Crippen molar-refractivity contribution in [2.45, 2.75) is 25.4 Å². The van der Waals surface area contributed by atoms with Crippen molar-refractivity contribution in [2.24, 2.45) is 0 Å². The van der Waals surface area contributed by atoms with Crippen molar-refractivity contribution in [3.05, 3.63) is 24.0 Å². The van der Waals surface area contributed by atoms with Crippen LogP contribution in [-0.2, 0) is 4.74 Å². The van der Waals surface area contributed by atoms with Gasteiger partial charge in [-0.15, -0.1) is 0 Å². The molecular formula is C13H18N2O3. The molecule has 1 aromatic rings. The van der Waals surface area contributed by atoms with Crippen LogP contribution in [0.4, 0.5) is 5.69 Å². The molecule has 5 heteroatoms. The topological polar surface area (TPSA) is 62.7 Å². The van der Waals surface area contributed by atoms with Crippen LogP contribution in [0.2, 0.25) is 0 Å². The van der Waals surface area contributed by atoms with Crippen LogP contribution < -0.4 is 4.90 Å². The van der Waals surface area contributed by atoms with Crippen molar-refractivity contribution in [2.75, 3.05) is 25.1 Å². The van der Waals surface area contributed by atoms with E-state index in [9.17, 15) is 4.79 Å². The lowest BCUT2D eigenvalue weighted by Crippen LogP contribution is -2.47. The second-order valence-corrected chi connectivity index (χ2v) is 4.86. The number of carboxylic acid groups (broad SMARTS) is 1. The van der Waals surface area contributed by atoms with Gasteiger partial charge >= 0.3 is 5.97 Å². The number of carboxylic acids is 1. The Morgan fingerprint density at radius 2 is 2.39 bits per heavy atom. The molecule has 1 fully saturated rings. The summed E-state index contributed by atoms with van der Waals surface area (Å²) in [6.45, 7) is 3.58. The smallest absolute Gasteiger partial charge is 0.356 e. The lowest BCUT2D eigenvalue weighted by molar-refractivity contribution is -0.00474. The van der Waals surface area contributed by atoms with E-state index >= 15 is 0 Å². The summed E-state index contributed by atoms with van der Waals surface area (Å²) in [6, 6.07) is 3.57. The third-order valence-corrected chi connectivity index (χ3v) is 3.48. The molecule has 1 aliphatic rings. The number of nitrogens with zero attached hydrogens (tertiary/aromatic N) is 2. The van der Waals surface area contributed by atoms with Crippen LogP contribution in [0, 0.1) is 0 Å². The fraction of sp³-hybridized carbons (Fsp3) is 0.538. The van der Waals surface area contributed by atoms with Crippen molar-refractivity contribution in [1.82, 2.24) is 4.98 Å². The molecule has 0 bridgehead atoms. The molecule has 0 radical (unpaired) electrons. The molecule has 2 rings (SSSR count). The van der Waals surface area contributed by atoms with Gasteiger partial charge in [0.05, 0.1) is 11.3 Å². The van der Waals surface area contributed by atoms with Gasteiger partial charge in [0.25, 0.3) is 0 Å². The molecule has 0 saturated carbocycles. The van der Waals surface area contributed by atoms with Crippen LogP contribution in [0.3, 0.4) is 0 Å². The molecule has 1 N–H and O–H groups in total. The highest BCUT2D eigenvalue weighted by Crippen LogP contribution is 2.29. The average Bonchev–Trinajstić information content (AvgIpc) is 2.39. The molecule has 2 heterocycles. The number of piperidine rings is 1. The number of anilines is 1. The Balaban J connectivity index is 2.29. The van der Waals surface area contributed by atoms with Gasteiger partial charge in [0.2, 0.25) is 0 Å². The molecule has 1 aliphatic heterocycles. The number of aromatic carboxylic acids is 1. The van der Waals surface area contributed by atoms with Crippen molar-refractivity contribution in [1.29, 1.82) is 0 Å². The zero-order valence-corrected chi connectivity index (χ0v) is 10.7. The zero-order valence-electron chi connectivity index (χ0n) is 10.7. The molecule has 1 unspecified atom stereocenters. The summed E-state index contributed by atoms with van der Waals surface area (Å²) >= 11 is 0. The maximum atomic E-state index is 11.2. The van der Waals surface area contributed by atoms with Crippen LogP contribution >= 0.6 is 0 Å². The number of pyridine rings is 1. The Bertz CT molecular complexity index is 450. The summed E-state index contributed by atoms with van der Waals surface area (Å²) in [5, 5.41) is 9.16. The lowest BCUT2D eigenvalue weighted by atomic mass is 9.94. The van der Waals surface area contributed by atoms with Gasteiger partial charge in [-0.05, 0) is 31.9 Å². The molecule has 1 saturated heterocycles. The third-order valence-electron chi connectivity index (χ3n) is 3.48. The molecule has 5 nitrogen and oxygen atoms in total. The predicted octanol–water partition coefficient (Wildman–Crippen LogP) is 1.79.